The van der Waals surface area contributed by atoms with Crippen molar-refractivity contribution >= 4 is 0 Å². The molecule has 2 heteroatoms. The Balaban J connectivity index is -0.000000356. The van der Waals surface area contributed by atoms with E-state index in [1.807, 2.05) is 13.8 Å². The van der Waals surface area contributed by atoms with Crippen LogP contribution >= 0.6 is 0 Å². The minimum Gasteiger partial charge on any atom is -0.388 e. The highest BCUT2D eigenvalue weighted by Gasteiger charge is 2.08. The fourth-order valence-corrected chi connectivity index (χ4v) is 2.81. The summed E-state index contributed by atoms with van der Waals surface area (Å²) in [6.07, 6.45) is 1.13. The van der Waals surface area contributed by atoms with Crippen LogP contribution in [0.2, 0.25) is 0 Å². The number of hydrogen-bond donors (Lipinski definition) is 1. The molecule has 2 aromatic rings. The van der Waals surface area contributed by atoms with Crippen LogP contribution in [0, 0.1) is 34.6 Å². The Morgan fingerprint density at radius 3 is 1.70 bits per heavy atom. The van der Waals surface area contributed by atoms with E-state index in [9.17, 15) is 0 Å². The molecule has 0 saturated carbocycles. The predicted octanol–water partition coefficient (Wildman–Crippen LogP) is 6.90. The second-order valence-electron chi connectivity index (χ2n) is 6.63. The van der Waals surface area contributed by atoms with Gasteiger partial charge in [0.15, 0.2) is 0 Å². The Hall–Kier alpha value is -1.64. The molecule has 0 fully saturated rings. The minimum absolute atomic E-state index is 0. The second kappa shape index (κ2) is 16.5. The molecule has 2 aromatic carbocycles. The van der Waals surface area contributed by atoms with Crippen molar-refractivity contribution in [2.45, 2.75) is 67.7 Å². The summed E-state index contributed by atoms with van der Waals surface area (Å²) in [6, 6.07) is 12.9. The molecule has 0 heterocycles. The summed E-state index contributed by atoms with van der Waals surface area (Å²) in [5.74, 6) is 0.534. The van der Waals surface area contributed by atoms with E-state index in [0.29, 0.717) is 5.92 Å². The molecule has 0 radical (unpaired) electrons. The fraction of sp³-hybridized carbons (Fsp3) is 0.520. The Bertz CT molecular complexity index is 599. The van der Waals surface area contributed by atoms with Crippen molar-refractivity contribution in [3.63, 3.8) is 0 Å². The van der Waals surface area contributed by atoms with Crippen molar-refractivity contribution in [1.82, 2.24) is 0 Å². The van der Waals surface area contributed by atoms with Crippen LogP contribution in [0.15, 0.2) is 36.4 Å². The van der Waals surface area contributed by atoms with Gasteiger partial charge in [0.25, 0.3) is 0 Å². The third kappa shape index (κ3) is 10.9. The Labute approximate surface area is 170 Å². The van der Waals surface area contributed by atoms with Crippen molar-refractivity contribution in [1.29, 1.82) is 0 Å². The van der Waals surface area contributed by atoms with Crippen molar-refractivity contribution < 1.29 is 6.16 Å². The zero-order valence-electron chi connectivity index (χ0n) is 19.4. The van der Waals surface area contributed by atoms with E-state index in [-0.39, 0.29) is 1.43 Å². The largest absolute Gasteiger partial charge is 0.388 e. The van der Waals surface area contributed by atoms with Crippen LogP contribution in [0.3, 0.4) is 0 Å². The highest BCUT2D eigenvalue weighted by molar-refractivity contribution is 5.36. The lowest BCUT2D eigenvalue weighted by atomic mass is 9.93. The van der Waals surface area contributed by atoms with Gasteiger partial charge in [-0.3, -0.25) is 0 Å². The van der Waals surface area contributed by atoms with Gasteiger partial charge in [-0.15, -0.1) is 0 Å². The van der Waals surface area contributed by atoms with E-state index in [4.69, 9.17) is 5.73 Å². The number of hydrogen-bond acceptors (Lipinski definition) is 2. The zero-order valence-corrected chi connectivity index (χ0v) is 19.4. The standard InChI is InChI=1S/C11H17N.C10H14.C2H6O.C2H6.H2/c1-3-10(8-12)11-7-5-4-6-9(11)2;1-7-5-8(2)10(4)9(3)6-7;1-3-2;1-2;/h4-7,10H,3,8,12H2,1-2H3;5-6H,1-4H3;1-2H3;1-2H3;1H. The van der Waals surface area contributed by atoms with Crippen LogP contribution in [0.25, 0.3) is 0 Å². The van der Waals surface area contributed by atoms with E-state index in [1.165, 1.54) is 33.4 Å². The molecular formula is C25H45NO. The summed E-state index contributed by atoms with van der Waals surface area (Å²) in [5.41, 5.74) is 14.0. The monoisotopic (exact) mass is 375 g/mol. The number of aryl methyl sites for hydroxylation is 4. The van der Waals surface area contributed by atoms with Crippen LogP contribution in [-0.4, -0.2) is 20.8 Å². The second-order valence-corrected chi connectivity index (χ2v) is 6.63. The van der Waals surface area contributed by atoms with Crippen LogP contribution in [0.1, 0.15) is 67.9 Å². The van der Waals surface area contributed by atoms with Gasteiger partial charge in [-0.25, -0.2) is 0 Å². The highest BCUT2D eigenvalue weighted by atomic mass is 16.4. The molecule has 0 amide bonds. The van der Waals surface area contributed by atoms with Gasteiger partial charge in [0.05, 0.1) is 0 Å². The van der Waals surface area contributed by atoms with Gasteiger partial charge in [-0.05, 0) is 81.3 Å². The maximum absolute atomic E-state index is 5.68. The number of ether oxygens (including phenoxy) is 1. The molecule has 1 unspecified atom stereocenters. The summed E-state index contributed by atoms with van der Waals surface area (Å²) < 4.78 is 4.25. The van der Waals surface area contributed by atoms with Crippen molar-refractivity contribution in [2.24, 2.45) is 5.73 Å². The number of benzene rings is 2. The third-order valence-corrected chi connectivity index (χ3v) is 4.48. The van der Waals surface area contributed by atoms with Crippen LogP contribution in [0.5, 0.6) is 0 Å². The summed E-state index contributed by atoms with van der Waals surface area (Å²) >= 11 is 0. The molecule has 0 spiro atoms. The fourth-order valence-electron chi connectivity index (χ4n) is 2.81. The van der Waals surface area contributed by atoms with Crippen molar-refractivity contribution in [2.75, 3.05) is 20.8 Å². The highest BCUT2D eigenvalue weighted by Crippen LogP contribution is 2.21. The Kier molecular flexibility index (Phi) is 16.9. The average molecular weight is 376 g/mol. The van der Waals surface area contributed by atoms with E-state index in [2.05, 4.69) is 82.7 Å². The predicted molar refractivity (Wildman–Crippen MR) is 125 cm³/mol. The van der Waals surface area contributed by atoms with Gasteiger partial charge >= 0.3 is 0 Å². The van der Waals surface area contributed by atoms with Crippen molar-refractivity contribution in [3.8, 4) is 0 Å². The first-order valence-corrected chi connectivity index (χ1v) is 10.0. The lowest BCUT2D eigenvalue weighted by Crippen LogP contribution is -2.12. The van der Waals surface area contributed by atoms with Crippen molar-refractivity contribution in [3.05, 3.63) is 69.8 Å². The molecule has 0 saturated heterocycles. The van der Waals surface area contributed by atoms with Gasteiger partial charge in [0.2, 0.25) is 0 Å². The summed E-state index contributed by atoms with van der Waals surface area (Å²) in [5, 5.41) is 0. The number of rotatable bonds is 3. The van der Waals surface area contributed by atoms with Gasteiger partial charge in [0.1, 0.15) is 0 Å². The van der Waals surface area contributed by atoms with Gasteiger partial charge < -0.3 is 10.5 Å². The first-order valence-electron chi connectivity index (χ1n) is 10.0. The first-order chi connectivity index (χ1) is 12.8. The molecule has 1 atom stereocenters. The molecule has 0 aliphatic heterocycles. The number of methoxy groups -OCH3 is 1. The van der Waals surface area contributed by atoms with Gasteiger partial charge in [0, 0.05) is 15.6 Å². The molecule has 0 aliphatic carbocycles. The summed E-state index contributed by atoms with van der Waals surface area (Å²) in [7, 11) is 3.25. The molecule has 0 bridgehead atoms. The molecule has 27 heavy (non-hydrogen) atoms. The third-order valence-electron chi connectivity index (χ3n) is 4.48. The van der Waals surface area contributed by atoms with E-state index in [1.54, 1.807) is 14.2 Å². The van der Waals surface area contributed by atoms with Crippen LogP contribution in [0.4, 0.5) is 0 Å². The van der Waals surface area contributed by atoms with Gasteiger partial charge in [-0.1, -0.05) is 62.7 Å². The SMILES string of the molecule is CC.CCC(CN)c1ccccc1C.COC.Cc1cc(C)c(C)c(C)c1.[HH]. The van der Waals surface area contributed by atoms with Gasteiger partial charge in [-0.2, -0.15) is 0 Å². The maximum atomic E-state index is 5.68. The molecule has 2 N–H and O–H groups in total. The molecule has 0 aliphatic rings. The lowest BCUT2D eigenvalue weighted by molar-refractivity contribution is 0.277. The van der Waals surface area contributed by atoms with E-state index >= 15 is 0 Å². The van der Waals surface area contributed by atoms with E-state index in [0.717, 1.165) is 13.0 Å². The number of nitrogens with two attached hydrogens (primary N) is 1. The van der Waals surface area contributed by atoms with Crippen LogP contribution in [-0.2, 0) is 4.74 Å². The van der Waals surface area contributed by atoms with Crippen LogP contribution < -0.4 is 5.73 Å². The molecule has 2 rings (SSSR count). The van der Waals surface area contributed by atoms with E-state index < -0.39 is 0 Å². The topological polar surface area (TPSA) is 35.2 Å². The average Bonchev–Trinajstić information content (AvgIpc) is 2.65. The summed E-state index contributed by atoms with van der Waals surface area (Å²) in [6.45, 7) is 17.7. The smallest absolute Gasteiger partial charge is 0.0351 e. The normalized spacial score (nSPS) is 10.3. The lowest BCUT2D eigenvalue weighted by Gasteiger charge is -2.14. The Morgan fingerprint density at radius 1 is 0.889 bits per heavy atom. The quantitative estimate of drug-likeness (QED) is 0.633. The summed E-state index contributed by atoms with van der Waals surface area (Å²) in [4.78, 5) is 0. The Morgan fingerprint density at radius 2 is 1.33 bits per heavy atom. The molecular weight excluding hydrogens is 330 g/mol. The first kappa shape index (κ1) is 27.6. The zero-order chi connectivity index (χ0) is 21.4. The molecule has 0 aromatic heterocycles. The maximum Gasteiger partial charge on any atom is 0.0351 e. The molecule has 2 nitrogen and oxygen atoms in total. The molecule has 156 valence electrons. The minimum atomic E-state index is 0.